The number of methoxy groups -OCH3 is 2. The monoisotopic (exact) mass is 278 g/mol. The molecule has 0 aliphatic heterocycles. The van der Waals surface area contributed by atoms with E-state index in [-0.39, 0.29) is 0 Å². The van der Waals surface area contributed by atoms with Gasteiger partial charge in [0.25, 0.3) is 0 Å². The lowest BCUT2D eigenvalue weighted by Gasteiger charge is -2.47. The maximum Gasteiger partial charge on any atom is 0.248 e. The molecule has 0 amide bonds. The van der Waals surface area contributed by atoms with E-state index < -0.39 is 29.4 Å². The molecular weight excluding hydrogens is 248 g/mol. The molecule has 5 heteroatoms. The Morgan fingerprint density at radius 1 is 0.789 bits per heavy atom. The van der Waals surface area contributed by atoms with E-state index in [1.165, 1.54) is 14.2 Å². The highest BCUT2D eigenvalue weighted by molar-refractivity contribution is 4.86. The molecule has 5 nitrogen and oxygen atoms in total. The van der Waals surface area contributed by atoms with Crippen LogP contribution in [0, 0.1) is 0 Å². The molecule has 0 radical (unpaired) electrons. The fourth-order valence-corrected chi connectivity index (χ4v) is 1.87. The Bertz CT molecular complexity index is 242. The van der Waals surface area contributed by atoms with Gasteiger partial charge < -0.3 is 24.1 Å². The van der Waals surface area contributed by atoms with Crippen molar-refractivity contribution in [2.45, 2.75) is 77.8 Å². The summed E-state index contributed by atoms with van der Waals surface area (Å²) in [6.45, 7) is 12.9. The van der Waals surface area contributed by atoms with Crippen LogP contribution in [-0.4, -0.2) is 48.7 Å². The van der Waals surface area contributed by atoms with Crippen LogP contribution in [0.3, 0.4) is 0 Å². The average Bonchev–Trinajstić information content (AvgIpc) is 2.13. The maximum atomic E-state index is 10.2. The number of hydrogen-bond acceptors (Lipinski definition) is 5. The highest BCUT2D eigenvalue weighted by Crippen LogP contribution is 2.34. The zero-order valence-corrected chi connectivity index (χ0v) is 13.7. The van der Waals surface area contributed by atoms with E-state index in [0.717, 1.165) is 0 Å². The van der Waals surface area contributed by atoms with Crippen LogP contribution < -0.4 is 0 Å². The molecular formula is C14H30O5. The van der Waals surface area contributed by atoms with Crippen LogP contribution in [0.1, 0.15) is 48.5 Å². The normalized spacial score (nSPS) is 15.9. The van der Waals surface area contributed by atoms with E-state index in [4.69, 9.17) is 18.9 Å². The fourth-order valence-electron chi connectivity index (χ4n) is 1.87. The quantitative estimate of drug-likeness (QED) is 0.756. The minimum Gasteiger partial charge on any atom is -0.388 e. The SMILES string of the molecule is COC(OC)C(OC(C)(C)C)(OC(C)(C)C)C(C)O. The van der Waals surface area contributed by atoms with Gasteiger partial charge in [0.2, 0.25) is 12.1 Å². The Hall–Kier alpha value is -0.200. The Labute approximate surface area is 117 Å². The van der Waals surface area contributed by atoms with Gasteiger partial charge in [0.05, 0.1) is 11.2 Å². The van der Waals surface area contributed by atoms with Gasteiger partial charge in [0.1, 0.15) is 6.10 Å². The Morgan fingerprint density at radius 2 is 1.11 bits per heavy atom. The second-order valence-electron chi connectivity index (χ2n) is 6.63. The Kier molecular flexibility index (Phi) is 6.43. The smallest absolute Gasteiger partial charge is 0.248 e. The van der Waals surface area contributed by atoms with Crippen molar-refractivity contribution in [3.8, 4) is 0 Å². The largest absolute Gasteiger partial charge is 0.388 e. The van der Waals surface area contributed by atoms with Gasteiger partial charge in [-0.05, 0) is 48.5 Å². The van der Waals surface area contributed by atoms with E-state index in [1.54, 1.807) is 6.92 Å². The average molecular weight is 278 g/mol. The molecule has 0 aromatic carbocycles. The van der Waals surface area contributed by atoms with Crippen molar-refractivity contribution in [3.63, 3.8) is 0 Å². The summed E-state index contributed by atoms with van der Waals surface area (Å²) in [5, 5.41) is 10.2. The zero-order valence-electron chi connectivity index (χ0n) is 13.7. The van der Waals surface area contributed by atoms with E-state index in [0.29, 0.717) is 0 Å². The first-order valence-corrected chi connectivity index (χ1v) is 6.52. The minimum absolute atomic E-state index is 0.530. The highest BCUT2D eigenvalue weighted by atomic mass is 16.8. The third-order valence-corrected chi connectivity index (χ3v) is 2.27. The summed E-state index contributed by atoms with van der Waals surface area (Å²) in [6, 6.07) is 0. The van der Waals surface area contributed by atoms with E-state index in [2.05, 4.69) is 0 Å². The molecule has 0 aliphatic carbocycles. The van der Waals surface area contributed by atoms with Gasteiger partial charge in [-0.15, -0.1) is 0 Å². The van der Waals surface area contributed by atoms with Crippen molar-refractivity contribution in [3.05, 3.63) is 0 Å². The zero-order chi connectivity index (χ0) is 15.5. The molecule has 1 atom stereocenters. The van der Waals surface area contributed by atoms with Crippen LogP contribution in [0.2, 0.25) is 0 Å². The first-order valence-electron chi connectivity index (χ1n) is 6.52. The van der Waals surface area contributed by atoms with Crippen LogP contribution >= 0.6 is 0 Å². The molecule has 0 bridgehead atoms. The summed E-state index contributed by atoms with van der Waals surface area (Å²) in [7, 11) is 2.98. The molecule has 0 fully saturated rings. The molecule has 0 aliphatic rings. The third-order valence-electron chi connectivity index (χ3n) is 2.27. The Morgan fingerprint density at radius 3 is 1.26 bits per heavy atom. The molecule has 0 heterocycles. The van der Waals surface area contributed by atoms with Crippen molar-refractivity contribution in [2.75, 3.05) is 14.2 Å². The van der Waals surface area contributed by atoms with E-state index >= 15 is 0 Å². The highest BCUT2D eigenvalue weighted by Gasteiger charge is 2.51. The van der Waals surface area contributed by atoms with Crippen LogP contribution in [0.15, 0.2) is 0 Å². The summed E-state index contributed by atoms with van der Waals surface area (Å²) in [4.78, 5) is 0. The van der Waals surface area contributed by atoms with Crippen molar-refractivity contribution in [1.29, 1.82) is 0 Å². The summed E-state index contributed by atoms with van der Waals surface area (Å²) in [6.07, 6.45) is -1.78. The minimum atomic E-state index is -1.40. The predicted octanol–water partition coefficient (Wildman–Crippen LogP) is 2.31. The lowest BCUT2D eigenvalue weighted by Crippen LogP contribution is -2.61. The van der Waals surface area contributed by atoms with Gasteiger partial charge in [-0.25, -0.2) is 0 Å². The van der Waals surface area contributed by atoms with E-state index in [1.807, 2.05) is 41.5 Å². The first kappa shape index (κ1) is 18.8. The molecule has 1 N–H and O–H groups in total. The third kappa shape index (κ3) is 5.75. The standard InChI is InChI=1S/C14H30O5/c1-10(15)14(11(16-8)17-9,18-12(2,3)4)19-13(5,6)7/h10-11,15H,1-9H3. The van der Waals surface area contributed by atoms with Gasteiger partial charge in [-0.2, -0.15) is 0 Å². The van der Waals surface area contributed by atoms with Gasteiger partial charge in [0, 0.05) is 14.2 Å². The fraction of sp³-hybridized carbons (Fsp3) is 1.00. The molecule has 0 aromatic rings. The first-order chi connectivity index (χ1) is 8.38. The predicted molar refractivity (Wildman–Crippen MR) is 73.9 cm³/mol. The van der Waals surface area contributed by atoms with Gasteiger partial charge in [-0.3, -0.25) is 0 Å². The van der Waals surface area contributed by atoms with Crippen molar-refractivity contribution in [1.82, 2.24) is 0 Å². The summed E-state index contributed by atoms with van der Waals surface area (Å²) >= 11 is 0. The molecule has 0 saturated carbocycles. The number of aliphatic hydroxyl groups is 1. The van der Waals surface area contributed by atoms with Crippen molar-refractivity contribution in [2.24, 2.45) is 0 Å². The number of hydrogen-bond donors (Lipinski definition) is 1. The number of ether oxygens (including phenoxy) is 4. The number of rotatable bonds is 6. The van der Waals surface area contributed by atoms with Crippen LogP contribution in [0.5, 0.6) is 0 Å². The molecule has 0 rings (SSSR count). The van der Waals surface area contributed by atoms with Crippen LogP contribution in [-0.2, 0) is 18.9 Å². The van der Waals surface area contributed by atoms with Gasteiger partial charge in [-0.1, -0.05) is 0 Å². The lowest BCUT2D eigenvalue weighted by molar-refractivity contribution is -0.411. The summed E-state index contributed by atoms with van der Waals surface area (Å²) in [5.74, 6) is -1.40. The van der Waals surface area contributed by atoms with Gasteiger partial charge in [0.15, 0.2) is 0 Å². The summed E-state index contributed by atoms with van der Waals surface area (Å²) < 4.78 is 22.5. The van der Waals surface area contributed by atoms with Crippen LogP contribution in [0.25, 0.3) is 0 Å². The van der Waals surface area contributed by atoms with Crippen molar-refractivity contribution >= 4 is 0 Å². The number of aliphatic hydroxyl groups excluding tert-OH is 1. The summed E-state index contributed by atoms with van der Waals surface area (Å²) in [5.41, 5.74) is -1.06. The molecule has 1 unspecified atom stereocenters. The second kappa shape index (κ2) is 6.50. The molecule has 0 aromatic heterocycles. The maximum absolute atomic E-state index is 10.2. The van der Waals surface area contributed by atoms with Crippen molar-refractivity contribution < 1.29 is 24.1 Å². The molecule has 0 spiro atoms. The molecule has 0 saturated heterocycles. The lowest BCUT2D eigenvalue weighted by atomic mass is 10.1. The van der Waals surface area contributed by atoms with Crippen LogP contribution in [0.4, 0.5) is 0 Å². The van der Waals surface area contributed by atoms with Gasteiger partial charge >= 0.3 is 0 Å². The molecule has 19 heavy (non-hydrogen) atoms. The molecule has 116 valence electrons. The Balaban J connectivity index is 5.60. The topological polar surface area (TPSA) is 57.2 Å². The van der Waals surface area contributed by atoms with E-state index in [9.17, 15) is 5.11 Å². The second-order valence-corrected chi connectivity index (χ2v) is 6.63.